The highest BCUT2D eigenvalue weighted by Crippen LogP contribution is 2.34. The van der Waals surface area contributed by atoms with Crippen molar-refractivity contribution in [3.05, 3.63) is 70.3 Å². The highest BCUT2D eigenvalue weighted by Gasteiger charge is 2.22. The lowest BCUT2D eigenvalue weighted by atomic mass is 9.88. The van der Waals surface area contributed by atoms with Crippen LogP contribution in [0.4, 0.5) is 0 Å². The maximum absolute atomic E-state index is 12.1. The van der Waals surface area contributed by atoms with Gasteiger partial charge in [-0.05, 0) is 30.2 Å². The minimum Gasteiger partial charge on any atom is -0.466 e. The lowest BCUT2D eigenvalue weighted by Gasteiger charge is -2.16. The Hall–Kier alpha value is -2.07. The van der Waals surface area contributed by atoms with Gasteiger partial charge in [0.05, 0.1) is 13.0 Å². The fourth-order valence-electron chi connectivity index (χ4n) is 2.89. The van der Waals surface area contributed by atoms with Gasteiger partial charge in [-0.3, -0.25) is 4.79 Å². The lowest BCUT2D eigenvalue weighted by molar-refractivity contribution is -0.143. The minimum atomic E-state index is -0.173. The Kier molecular flexibility index (Phi) is 4.82. The van der Waals surface area contributed by atoms with Crippen LogP contribution in [-0.2, 0) is 9.53 Å². The summed E-state index contributed by atoms with van der Waals surface area (Å²) in [5.74, 6) is -0.196. The summed E-state index contributed by atoms with van der Waals surface area (Å²) in [6, 6.07) is 16.2. The van der Waals surface area contributed by atoms with Gasteiger partial charge < -0.3 is 9.72 Å². The molecule has 0 unspecified atom stereocenters. The van der Waals surface area contributed by atoms with Crippen LogP contribution in [0.25, 0.3) is 10.9 Å². The summed E-state index contributed by atoms with van der Waals surface area (Å²) in [6.07, 6.45) is 2.33. The summed E-state index contributed by atoms with van der Waals surface area (Å²) < 4.78 is 6.19. The van der Waals surface area contributed by atoms with Crippen molar-refractivity contribution in [1.82, 2.24) is 4.98 Å². The molecule has 0 aliphatic rings. The average molecular weight is 372 g/mol. The van der Waals surface area contributed by atoms with Gasteiger partial charge in [-0.1, -0.05) is 52.3 Å². The first-order chi connectivity index (χ1) is 11.2. The monoisotopic (exact) mass is 371 g/mol. The second-order valence-corrected chi connectivity index (χ2v) is 6.32. The first-order valence-electron chi connectivity index (χ1n) is 7.66. The molecule has 4 heteroatoms. The maximum atomic E-state index is 12.1. The predicted octanol–water partition coefficient (Wildman–Crippen LogP) is 5.02. The molecule has 0 aliphatic heterocycles. The van der Waals surface area contributed by atoms with Crippen LogP contribution in [0.2, 0.25) is 0 Å². The van der Waals surface area contributed by atoms with Gasteiger partial charge in [0.25, 0.3) is 0 Å². The molecule has 0 saturated heterocycles. The van der Waals surface area contributed by atoms with Gasteiger partial charge in [0.2, 0.25) is 0 Å². The van der Waals surface area contributed by atoms with Gasteiger partial charge in [-0.25, -0.2) is 0 Å². The molecular formula is C19H18BrNO2. The Morgan fingerprint density at radius 1 is 1.22 bits per heavy atom. The largest absolute Gasteiger partial charge is 0.466 e. The minimum absolute atomic E-state index is 0.0230. The van der Waals surface area contributed by atoms with Crippen molar-refractivity contribution in [3.8, 4) is 0 Å². The van der Waals surface area contributed by atoms with Crippen molar-refractivity contribution >= 4 is 32.8 Å². The molecule has 1 heterocycles. The smallest absolute Gasteiger partial charge is 0.306 e. The molecule has 118 valence electrons. The van der Waals surface area contributed by atoms with Crippen LogP contribution in [0.15, 0.2) is 59.2 Å². The number of hydrogen-bond donors (Lipinski definition) is 1. The molecule has 0 bridgehead atoms. The number of aromatic amines is 1. The van der Waals surface area contributed by atoms with Gasteiger partial charge in [-0.15, -0.1) is 0 Å². The third-order valence-corrected chi connectivity index (χ3v) is 4.42. The first kappa shape index (κ1) is 15.8. The molecule has 3 aromatic rings. The summed E-state index contributed by atoms with van der Waals surface area (Å²) in [5, 5.41) is 1.13. The number of carbonyl (C=O) groups is 1. The number of ether oxygens (including phenoxy) is 1. The van der Waals surface area contributed by atoms with E-state index in [1.807, 2.05) is 43.5 Å². The predicted molar refractivity (Wildman–Crippen MR) is 95.5 cm³/mol. The van der Waals surface area contributed by atoms with Gasteiger partial charge in [-0.2, -0.15) is 0 Å². The molecule has 0 amide bonds. The fraction of sp³-hybridized carbons (Fsp3) is 0.211. The van der Waals surface area contributed by atoms with Gasteiger partial charge in [0.15, 0.2) is 0 Å². The zero-order valence-electron chi connectivity index (χ0n) is 12.9. The van der Waals surface area contributed by atoms with Crippen LogP contribution in [-0.4, -0.2) is 17.6 Å². The summed E-state index contributed by atoms with van der Waals surface area (Å²) in [6.45, 7) is 2.24. The number of benzene rings is 2. The molecular weight excluding hydrogens is 354 g/mol. The van der Waals surface area contributed by atoms with Gasteiger partial charge in [0, 0.05) is 27.5 Å². The Morgan fingerprint density at radius 3 is 2.74 bits per heavy atom. The Morgan fingerprint density at radius 2 is 2.00 bits per heavy atom. The highest BCUT2D eigenvalue weighted by atomic mass is 79.9. The Bertz CT molecular complexity index is 811. The van der Waals surface area contributed by atoms with E-state index in [4.69, 9.17) is 4.74 Å². The van der Waals surface area contributed by atoms with Crippen LogP contribution in [0.1, 0.15) is 30.4 Å². The average Bonchev–Trinajstić information content (AvgIpc) is 2.96. The van der Waals surface area contributed by atoms with Crippen LogP contribution < -0.4 is 0 Å². The quantitative estimate of drug-likeness (QED) is 0.640. The summed E-state index contributed by atoms with van der Waals surface area (Å²) >= 11 is 3.49. The van der Waals surface area contributed by atoms with E-state index in [0.29, 0.717) is 13.0 Å². The summed E-state index contributed by atoms with van der Waals surface area (Å²) in [4.78, 5) is 15.4. The third-order valence-electron chi connectivity index (χ3n) is 3.93. The van der Waals surface area contributed by atoms with E-state index in [-0.39, 0.29) is 11.9 Å². The van der Waals surface area contributed by atoms with Crippen molar-refractivity contribution in [3.63, 3.8) is 0 Å². The maximum Gasteiger partial charge on any atom is 0.306 e. The molecule has 0 fully saturated rings. The molecule has 0 aliphatic carbocycles. The van der Waals surface area contributed by atoms with Crippen molar-refractivity contribution in [2.24, 2.45) is 0 Å². The van der Waals surface area contributed by atoms with Crippen molar-refractivity contribution in [2.75, 3.05) is 6.61 Å². The number of carbonyl (C=O) groups excluding carboxylic acids is 1. The number of H-pyrrole nitrogens is 1. The lowest BCUT2D eigenvalue weighted by Crippen LogP contribution is -2.11. The number of esters is 1. The third kappa shape index (κ3) is 3.48. The molecule has 1 atom stereocenters. The number of halogens is 1. The molecule has 0 spiro atoms. The summed E-state index contributed by atoms with van der Waals surface area (Å²) in [5.41, 5.74) is 3.29. The molecule has 0 radical (unpaired) electrons. The van der Waals surface area contributed by atoms with E-state index in [1.54, 1.807) is 0 Å². The number of nitrogens with one attached hydrogen (secondary N) is 1. The summed E-state index contributed by atoms with van der Waals surface area (Å²) in [7, 11) is 0. The number of aromatic nitrogens is 1. The highest BCUT2D eigenvalue weighted by molar-refractivity contribution is 9.10. The van der Waals surface area contributed by atoms with Crippen molar-refractivity contribution in [2.45, 2.75) is 19.3 Å². The van der Waals surface area contributed by atoms with E-state index >= 15 is 0 Å². The first-order valence-corrected chi connectivity index (χ1v) is 8.45. The molecule has 23 heavy (non-hydrogen) atoms. The van der Waals surface area contributed by atoms with Crippen molar-refractivity contribution < 1.29 is 9.53 Å². The zero-order chi connectivity index (χ0) is 16.2. The number of hydrogen-bond acceptors (Lipinski definition) is 2. The fourth-order valence-corrected chi connectivity index (χ4v) is 3.25. The second-order valence-electron chi connectivity index (χ2n) is 5.41. The van der Waals surface area contributed by atoms with Crippen LogP contribution >= 0.6 is 15.9 Å². The number of rotatable bonds is 5. The van der Waals surface area contributed by atoms with Gasteiger partial charge >= 0.3 is 5.97 Å². The standard InChI is InChI=1S/C19H18BrNO2/c1-2-23-19(22)11-16(13-6-4-3-5-7-13)17-12-21-18-10-14(20)8-9-15(17)18/h3-10,12,16,21H,2,11H2,1H3/t16-/m0/s1. The molecule has 3 nitrogen and oxygen atoms in total. The van der Waals surface area contributed by atoms with E-state index in [1.165, 1.54) is 0 Å². The SMILES string of the molecule is CCOC(=O)C[C@@H](c1ccccc1)c1c[nH]c2cc(Br)ccc12. The molecule has 0 saturated carbocycles. The normalized spacial score (nSPS) is 12.3. The zero-order valence-corrected chi connectivity index (χ0v) is 14.5. The topological polar surface area (TPSA) is 42.1 Å². The van der Waals surface area contributed by atoms with Crippen LogP contribution in [0.5, 0.6) is 0 Å². The Balaban J connectivity index is 2.04. The Labute approximate surface area is 143 Å². The van der Waals surface area contributed by atoms with Gasteiger partial charge in [0.1, 0.15) is 0 Å². The molecule has 2 aromatic carbocycles. The van der Waals surface area contributed by atoms with Crippen LogP contribution in [0.3, 0.4) is 0 Å². The van der Waals surface area contributed by atoms with E-state index in [0.717, 1.165) is 26.5 Å². The van der Waals surface area contributed by atoms with Crippen molar-refractivity contribution in [1.29, 1.82) is 0 Å². The van der Waals surface area contributed by atoms with E-state index < -0.39 is 0 Å². The molecule has 1 N–H and O–H groups in total. The molecule has 1 aromatic heterocycles. The van der Waals surface area contributed by atoms with Crippen LogP contribution in [0, 0.1) is 0 Å². The van der Waals surface area contributed by atoms with E-state index in [2.05, 4.69) is 39.1 Å². The van der Waals surface area contributed by atoms with E-state index in [9.17, 15) is 4.79 Å². The molecule has 3 rings (SSSR count). The second kappa shape index (κ2) is 7.01. The number of fused-ring (bicyclic) bond motifs is 1.